The van der Waals surface area contributed by atoms with Crippen molar-refractivity contribution in [2.45, 2.75) is 17.7 Å². The number of fused-ring (bicyclic) bond motifs is 1. The summed E-state index contributed by atoms with van der Waals surface area (Å²) in [6.45, 7) is 1.88. The van der Waals surface area contributed by atoms with E-state index < -0.39 is 9.84 Å². The van der Waals surface area contributed by atoms with Gasteiger partial charge in [0.1, 0.15) is 6.29 Å². The zero-order valence-electron chi connectivity index (χ0n) is 7.73. The van der Waals surface area contributed by atoms with E-state index in [2.05, 4.69) is 0 Å². The number of hydrogen-bond donors (Lipinski definition) is 0. The fraction of sp³-hybridized carbons (Fsp3) is 0.300. The Balaban J connectivity index is 2.71. The molecule has 1 aliphatic rings. The Morgan fingerprint density at radius 3 is 2.79 bits per heavy atom. The molecule has 0 saturated heterocycles. The number of carbonyl (C=O) groups excluding carboxylic acids is 1. The van der Waals surface area contributed by atoms with Crippen LogP contribution in [0.2, 0.25) is 0 Å². The second-order valence-corrected chi connectivity index (χ2v) is 5.60. The van der Waals surface area contributed by atoms with Gasteiger partial charge in [0.15, 0.2) is 9.84 Å². The van der Waals surface area contributed by atoms with E-state index in [-0.39, 0.29) is 11.7 Å². The van der Waals surface area contributed by atoms with E-state index in [0.29, 0.717) is 16.7 Å². The van der Waals surface area contributed by atoms with Crippen LogP contribution in [0.15, 0.2) is 23.1 Å². The van der Waals surface area contributed by atoms with Crippen LogP contribution in [0.5, 0.6) is 0 Å². The maximum Gasteiger partial charge on any atom is 0.179 e. The molecule has 0 radical (unpaired) electrons. The van der Waals surface area contributed by atoms with Gasteiger partial charge in [-0.15, -0.1) is 0 Å². The van der Waals surface area contributed by atoms with Gasteiger partial charge in [-0.3, -0.25) is 4.79 Å². The predicted molar refractivity (Wildman–Crippen MR) is 52.3 cm³/mol. The quantitative estimate of drug-likeness (QED) is 0.658. The summed E-state index contributed by atoms with van der Waals surface area (Å²) >= 11 is 0. The zero-order chi connectivity index (χ0) is 10.3. The SMILES string of the molecule is CC1CS(=O)(=O)c2cc(C=O)ccc21. The van der Waals surface area contributed by atoms with Crippen molar-refractivity contribution < 1.29 is 13.2 Å². The van der Waals surface area contributed by atoms with Crippen molar-refractivity contribution in [2.24, 2.45) is 0 Å². The van der Waals surface area contributed by atoms with Crippen LogP contribution >= 0.6 is 0 Å². The lowest BCUT2D eigenvalue weighted by atomic mass is 10.0. The van der Waals surface area contributed by atoms with E-state index in [1.807, 2.05) is 6.92 Å². The monoisotopic (exact) mass is 210 g/mol. The van der Waals surface area contributed by atoms with Crippen LogP contribution in [-0.4, -0.2) is 20.5 Å². The first-order valence-electron chi connectivity index (χ1n) is 4.36. The summed E-state index contributed by atoms with van der Waals surface area (Å²) in [4.78, 5) is 10.8. The van der Waals surface area contributed by atoms with Gasteiger partial charge >= 0.3 is 0 Å². The molecule has 3 nitrogen and oxygen atoms in total. The Morgan fingerprint density at radius 2 is 2.14 bits per heavy atom. The highest BCUT2D eigenvalue weighted by atomic mass is 32.2. The molecule has 0 spiro atoms. The number of rotatable bonds is 1. The molecule has 1 atom stereocenters. The molecule has 0 aromatic heterocycles. The average molecular weight is 210 g/mol. The second kappa shape index (κ2) is 2.92. The summed E-state index contributed by atoms with van der Waals surface area (Å²) in [5.74, 6) is 0.195. The molecule has 1 heterocycles. The van der Waals surface area contributed by atoms with Crippen LogP contribution < -0.4 is 0 Å². The van der Waals surface area contributed by atoms with E-state index in [0.717, 1.165) is 5.56 Å². The number of benzene rings is 1. The standard InChI is InChI=1S/C10H10O3S/c1-7-6-14(12,13)10-4-8(5-11)2-3-9(7)10/h2-5,7H,6H2,1H3. The van der Waals surface area contributed by atoms with Crippen molar-refractivity contribution in [1.29, 1.82) is 0 Å². The molecule has 0 bridgehead atoms. The van der Waals surface area contributed by atoms with E-state index in [9.17, 15) is 13.2 Å². The summed E-state index contributed by atoms with van der Waals surface area (Å²) in [6, 6.07) is 4.85. The van der Waals surface area contributed by atoms with Crippen LogP contribution in [0.3, 0.4) is 0 Å². The highest BCUT2D eigenvalue weighted by Gasteiger charge is 2.31. The average Bonchev–Trinajstić information content (AvgIpc) is 2.37. The van der Waals surface area contributed by atoms with Gasteiger partial charge in [0, 0.05) is 5.56 Å². The first kappa shape index (κ1) is 9.40. The molecule has 2 rings (SSSR count). The van der Waals surface area contributed by atoms with Gasteiger partial charge in [-0.05, 0) is 17.5 Å². The Hall–Kier alpha value is -1.16. The minimum Gasteiger partial charge on any atom is -0.298 e. The molecular weight excluding hydrogens is 200 g/mol. The fourth-order valence-corrected chi connectivity index (χ4v) is 3.77. The number of aldehydes is 1. The normalized spacial score (nSPS) is 23.1. The summed E-state index contributed by atoms with van der Waals surface area (Å²) in [5.41, 5.74) is 1.25. The molecule has 1 aromatic carbocycles. The maximum absolute atomic E-state index is 11.6. The van der Waals surface area contributed by atoms with Gasteiger partial charge in [-0.2, -0.15) is 0 Å². The molecule has 14 heavy (non-hydrogen) atoms. The Morgan fingerprint density at radius 1 is 1.43 bits per heavy atom. The van der Waals surface area contributed by atoms with Crippen molar-refractivity contribution in [3.63, 3.8) is 0 Å². The molecule has 1 aliphatic heterocycles. The van der Waals surface area contributed by atoms with Crippen molar-refractivity contribution in [3.05, 3.63) is 29.3 Å². The zero-order valence-corrected chi connectivity index (χ0v) is 8.54. The summed E-state index contributed by atoms with van der Waals surface area (Å²) in [7, 11) is -3.15. The highest BCUT2D eigenvalue weighted by molar-refractivity contribution is 7.91. The smallest absolute Gasteiger partial charge is 0.179 e. The lowest BCUT2D eigenvalue weighted by molar-refractivity contribution is 0.112. The predicted octanol–water partition coefficient (Wildman–Crippen LogP) is 1.39. The molecule has 74 valence electrons. The third-order valence-electron chi connectivity index (χ3n) is 2.51. The largest absolute Gasteiger partial charge is 0.298 e. The number of carbonyl (C=O) groups is 1. The van der Waals surface area contributed by atoms with Crippen LogP contribution in [-0.2, 0) is 9.84 Å². The summed E-state index contributed by atoms with van der Waals surface area (Å²) in [5, 5.41) is 0. The van der Waals surface area contributed by atoms with E-state index in [4.69, 9.17) is 0 Å². The van der Waals surface area contributed by atoms with Crippen LogP contribution in [0.25, 0.3) is 0 Å². The molecule has 0 amide bonds. The highest BCUT2D eigenvalue weighted by Crippen LogP contribution is 2.34. The Kier molecular flexibility index (Phi) is 1.96. The Bertz CT molecular complexity index is 488. The van der Waals surface area contributed by atoms with Crippen molar-refractivity contribution in [2.75, 3.05) is 5.75 Å². The van der Waals surface area contributed by atoms with E-state index in [1.165, 1.54) is 6.07 Å². The first-order valence-corrected chi connectivity index (χ1v) is 6.02. The minimum atomic E-state index is -3.15. The fourth-order valence-electron chi connectivity index (χ4n) is 1.81. The number of hydrogen-bond acceptors (Lipinski definition) is 3. The lowest BCUT2D eigenvalue weighted by Gasteiger charge is -2.01. The minimum absolute atomic E-state index is 0.0377. The molecule has 0 saturated carbocycles. The molecule has 1 aromatic rings. The van der Waals surface area contributed by atoms with Gasteiger partial charge in [0.2, 0.25) is 0 Å². The molecule has 0 aliphatic carbocycles. The molecule has 0 fully saturated rings. The first-order chi connectivity index (χ1) is 6.54. The second-order valence-electron chi connectivity index (χ2n) is 3.60. The van der Waals surface area contributed by atoms with Crippen molar-refractivity contribution >= 4 is 16.1 Å². The third kappa shape index (κ3) is 1.26. The van der Waals surface area contributed by atoms with Crippen molar-refractivity contribution in [3.8, 4) is 0 Å². The van der Waals surface area contributed by atoms with Gasteiger partial charge in [-0.1, -0.05) is 19.1 Å². The topological polar surface area (TPSA) is 51.2 Å². The number of sulfone groups is 1. The summed E-state index contributed by atoms with van der Waals surface area (Å²) < 4.78 is 23.2. The molecule has 1 unspecified atom stereocenters. The molecule has 0 N–H and O–H groups in total. The van der Waals surface area contributed by atoms with Crippen LogP contribution in [0.1, 0.15) is 28.8 Å². The lowest BCUT2D eigenvalue weighted by Crippen LogP contribution is -2.00. The molecule has 4 heteroatoms. The Labute approximate surface area is 82.7 Å². The van der Waals surface area contributed by atoms with Gasteiger partial charge in [0.25, 0.3) is 0 Å². The van der Waals surface area contributed by atoms with Crippen LogP contribution in [0, 0.1) is 0 Å². The van der Waals surface area contributed by atoms with Gasteiger partial charge in [-0.25, -0.2) is 8.42 Å². The van der Waals surface area contributed by atoms with Gasteiger partial charge < -0.3 is 0 Å². The molecular formula is C10H10O3S. The summed E-state index contributed by atoms with van der Waals surface area (Å²) in [6.07, 6.45) is 0.665. The van der Waals surface area contributed by atoms with Gasteiger partial charge in [0.05, 0.1) is 10.6 Å². The van der Waals surface area contributed by atoms with E-state index >= 15 is 0 Å². The van der Waals surface area contributed by atoms with E-state index in [1.54, 1.807) is 12.1 Å². The van der Waals surface area contributed by atoms with Crippen LogP contribution in [0.4, 0.5) is 0 Å². The maximum atomic E-state index is 11.6. The third-order valence-corrected chi connectivity index (χ3v) is 4.47. The van der Waals surface area contributed by atoms with Crippen molar-refractivity contribution in [1.82, 2.24) is 0 Å².